The zero-order valence-corrected chi connectivity index (χ0v) is 19.0. The molecule has 1 aliphatic heterocycles. The molecule has 8 nitrogen and oxygen atoms in total. The Morgan fingerprint density at radius 2 is 1.91 bits per heavy atom. The van der Waals surface area contributed by atoms with E-state index in [1.54, 1.807) is 12.1 Å². The van der Waals surface area contributed by atoms with Gasteiger partial charge in [-0.25, -0.2) is 9.78 Å². The molecule has 0 spiro atoms. The zero-order chi connectivity index (χ0) is 24.7. The first-order chi connectivity index (χ1) is 16.2. The van der Waals surface area contributed by atoms with Crippen LogP contribution in [0.2, 0.25) is 0 Å². The van der Waals surface area contributed by atoms with Gasteiger partial charge in [-0.05, 0) is 43.3 Å². The van der Waals surface area contributed by atoms with Crippen LogP contribution in [-0.2, 0) is 10.9 Å². The zero-order valence-electron chi connectivity index (χ0n) is 19.0. The molecule has 11 heteroatoms. The fraction of sp³-hybridized carbons (Fsp3) is 0.478. The van der Waals surface area contributed by atoms with Gasteiger partial charge in [0.15, 0.2) is 11.5 Å². The topological polar surface area (TPSA) is 84.4 Å². The third-order valence-electron chi connectivity index (χ3n) is 5.47. The number of pyridine rings is 1. The number of aliphatic hydroxyl groups is 1. The van der Waals surface area contributed by atoms with Gasteiger partial charge >= 0.3 is 12.1 Å². The number of methoxy groups -OCH3 is 2. The summed E-state index contributed by atoms with van der Waals surface area (Å²) in [5, 5.41) is 10.5. The number of esters is 1. The quantitative estimate of drug-likeness (QED) is 0.574. The van der Waals surface area contributed by atoms with Crippen LogP contribution >= 0.6 is 0 Å². The molecule has 34 heavy (non-hydrogen) atoms. The van der Waals surface area contributed by atoms with Crippen LogP contribution in [0.1, 0.15) is 22.3 Å². The van der Waals surface area contributed by atoms with Gasteiger partial charge in [-0.1, -0.05) is 0 Å². The van der Waals surface area contributed by atoms with Crippen molar-refractivity contribution in [2.24, 2.45) is 0 Å². The number of anilines is 1. The summed E-state index contributed by atoms with van der Waals surface area (Å²) in [5.41, 5.74) is -0.448. The molecule has 1 fully saturated rings. The first-order valence-electron chi connectivity index (χ1n) is 10.8. The molecule has 1 saturated heterocycles. The van der Waals surface area contributed by atoms with Crippen molar-refractivity contribution in [3.63, 3.8) is 0 Å². The fourth-order valence-corrected chi connectivity index (χ4v) is 3.69. The molecule has 1 atom stereocenters. The van der Waals surface area contributed by atoms with Crippen molar-refractivity contribution in [3.8, 4) is 11.5 Å². The summed E-state index contributed by atoms with van der Waals surface area (Å²) < 4.78 is 53.9. The smallest absolute Gasteiger partial charge is 0.417 e. The average Bonchev–Trinajstić information content (AvgIpc) is 3.07. The van der Waals surface area contributed by atoms with Gasteiger partial charge in [0.25, 0.3) is 0 Å². The second-order valence-corrected chi connectivity index (χ2v) is 7.87. The number of hydrogen-bond donors (Lipinski definition) is 1. The largest absolute Gasteiger partial charge is 0.493 e. The van der Waals surface area contributed by atoms with Gasteiger partial charge in [0.2, 0.25) is 0 Å². The minimum Gasteiger partial charge on any atom is -0.493 e. The van der Waals surface area contributed by atoms with Crippen LogP contribution in [0.3, 0.4) is 0 Å². The first-order valence-corrected chi connectivity index (χ1v) is 10.8. The molecule has 186 valence electrons. The lowest BCUT2D eigenvalue weighted by molar-refractivity contribution is -0.137. The molecule has 2 heterocycles. The molecule has 1 unspecified atom stereocenters. The van der Waals surface area contributed by atoms with E-state index in [0.717, 1.165) is 25.2 Å². The summed E-state index contributed by atoms with van der Waals surface area (Å²) in [6.45, 7) is 2.98. The monoisotopic (exact) mass is 483 g/mol. The lowest BCUT2D eigenvalue weighted by Crippen LogP contribution is -2.38. The molecule has 0 radical (unpaired) electrons. The number of aliphatic hydroxyl groups excluding tert-OH is 1. The van der Waals surface area contributed by atoms with Crippen molar-refractivity contribution >= 4 is 11.8 Å². The van der Waals surface area contributed by atoms with Crippen LogP contribution in [0.25, 0.3) is 0 Å². The number of hydrogen-bond acceptors (Lipinski definition) is 8. The molecule has 2 aromatic rings. The molecular weight excluding hydrogens is 455 g/mol. The maximum atomic E-state index is 12.8. The summed E-state index contributed by atoms with van der Waals surface area (Å²) in [6, 6.07) is 7.07. The van der Waals surface area contributed by atoms with Gasteiger partial charge < -0.3 is 24.2 Å². The van der Waals surface area contributed by atoms with Crippen molar-refractivity contribution < 1.29 is 37.3 Å². The summed E-state index contributed by atoms with van der Waals surface area (Å²) in [4.78, 5) is 19.7. The molecule has 1 aromatic carbocycles. The molecule has 1 aliphatic rings. The number of halogens is 3. The molecule has 3 rings (SSSR count). The summed E-state index contributed by atoms with van der Waals surface area (Å²) in [6.07, 6.45) is -3.56. The average molecular weight is 483 g/mol. The van der Waals surface area contributed by atoms with E-state index in [9.17, 15) is 23.1 Å². The predicted octanol–water partition coefficient (Wildman–Crippen LogP) is 2.85. The van der Waals surface area contributed by atoms with Crippen molar-refractivity contribution in [1.29, 1.82) is 0 Å². The van der Waals surface area contributed by atoms with Crippen molar-refractivity contribution in [3.05, 3.63) is 47.7 Å². The number of carbonyl (C=O) groups excluding carboxylic acids is 1. The van der Waals surface area contributed by atoms with Gasteiger partial charge in [0.05, 0.1) is 25.3 Å². The SMILES string of the molecule is COC(=O)c1ccc(OCC(O)CN2CCCN(c3ccc(C(F)(F)F)cn3)CC2)c(OC)c1. The fourth-order valence-electron chi connectivity index (χ4n) is 3.69. The maximum absolute atomic E-state index is 12.8. The number of alkyl halides is 3. The molecule has 0 bridgehead atoms. The molecule has 1 N–H and O–H groups in total. The Kier molecular flexibility index (Phi) is 8.56. The van der Waals surface area contributed by atoms with E-state index in [4.69, 9.17) is 9.47 Å². The summed E-state index contributed by atoms with van der Waals surface area (Å²) in [5.74, 6) is 0.752. The summed E-state index contributed by atoms with van der Waals surface area (Å²) >= 11 is 0. The van der Waals surface area contributed by atoms with Crippen LogP contribution in [0.5, 0.6) is 11.5 Å². The highest BCUT2D eigenvalue weighted by atomic mass is 19.4. The van der Waals surface area contributed by atoms with E-state index in [0.29, 0.717) is 49.1 Å². The van der Waals surface area contributed by atoms with Gasteiger partial charge in [0, 0.05) is 32.4 Å². The highest BCUT2D eigenvalue weighted by Crippen LogP contribution is 2.30. The Morgan fingerprint density at radius 1 is 1.12 bits per heavy atom. The maximum Gasteiger partial charge on any atom is 0.417 e. The van der Waals surface area contributed by atoms with Crippen LogP contribution in [-0.4, -0.2) is 80.6 Å². The third-order valence-corrected chi connectivity index (χ3v) is 5.47. The number of aromatic nitrogens is 1. The number of β-amino-alcohol motifs (C(OH)–C–C–N with tert-alkyl or cyclic N) is 1. The minimum absolute atomic E-state index is 0.0224. The minimum atomic E-state index is -4.41. The third kappa shape index (κ3) is 6.73. The first kappa shape index (κ1) is 25.6. The lowest BCUT2D eigenvalue weighted by atomic mass is 10.2. The van der Waals surface area contributed by atoms with E-state index in [1.165, 1.54) is 26.4 Å². The van der Waals surface area contributed by atoms with E-state index in [2.05, 4.69) is 14.6 Å². The van der Waals surface area contributed by atoms with Crippen LogP contribution in [0.4, 0.5) is 19.0 Å². The van der Waals surface area contributed by atoms with E-state index < -0.39 is 23.8 Å². The predicted molar refractivity (Wildman–Crippen MR) is 118 cm³/mol. The van der Waals surface area contributed by atoms with Crippen molar-refractivity contribution in [1.82, 2.24) is 9.88 Å². The number of nitrogens with zero attached hydrogens (tertiary/aromatic N) is 3. The van der Waals surface area contributed by atoms with Gasteiger partial charge in [-0.3, -0.25) is 4.90 Å². The van der Waals surface area contributed by atoms with Crippen molar-refractivity contribution in [2.75, 3.05) is 58.5 Å². The Hall–Kier alpha value is -3.05. The lowest BCUT2D eigenvalue weighted by Gasteiger charge is -2.24. The normalized spacial score (nSPS) is 16.0. The van der Waals surface area contributed by atoms with E-state index in [1.807, 2.05) is 4.90 Å². The number of ether oxygens (including phenoxy) is 3. The molecular formula is C23H28F3N3O5. The molecule has 0 saturated carbocycles. The summed E-state index contributed by atoms with van der Waals surface area (Å²) in [7, 11) is 2.74. The Morgan fingerprint density at radius 3 is 2.56 bits per heavy atom. The highest BCUT2D eigenvalue weighted by Gasteiger charge is 2.31. The Balaban J connectivity index is 1.50. The second-order valence-electron chi connectivity index (χ2n) is 7.87. The van der Waals surface area contributed by atoms with Gasteiger partial charge in [-0.2, -0.15) is 13.2 Å². The standard InChI is InChI=1S/C23H28F3N3O5/c1-32-20-12-16(22(31)33-2)4-6-19(20)34-15-18(30)14-28-8-3-9-29(11-10-28)21-7-5-17(13-27-21)23(24,25)26/h4-7,12-13,18,30H,3,8-11,14-15H2,1-2H3. The second kappa shape index (κ2) is 11.4. The van der Waals surface area contributed by atoms with E-state index >= 15 is 0 Å². The van der Waals surface area contributed by atoms with Crippen LogP contribution in [0, 0.1) is 0 Å². The highest BCUT2D eigenvalue weighted by molar-refractivity contribution is 5.90. The Bertz CT molecular complexity index is 956. The van der Waals surface area contributed by atoms with E-state index in [-0.39, 0.29) is 6.61 Å². The molecule has 0 amide bonds. The van der Waals surface area contributed by atoms with Gasteiger partial charge in [-0.15, -0.1) is 0 Å². The van der Waals surface area contributed by atoms with Crippen LogP contribution < -0.4 is 14.4 Å². The van der Waals surface area contributed by atoms with Gasteiger partial charge in [0.1, 0.15) is 18.5 Å². The van der Waals surface area contributed by atoms with Crippen molar-refractivity contribution in [2.45, 2.75) is 18.7 Å². The number of carbonyl (C=O) groups is 1. The number of benzene rings is 1. The molecule has 0 aliphatic carbocycles. The Labute approximate surface area is 195 Å². The van der Waals surface area contributed by atoms with Crippen LogP contribution in [0.15, 0.2) is 36.5 Å². The molecule has 1 aromatic heterocycles. The number of rotatable bonds is 8.